The topological polar surface area (TPSA) is 46.5 Å². The summed E-state index contributed by atoms with van der Waals surface area (Å²) in [6.45, 7) is 5.50. The van der Waals surface area contributed by atoms with Crippen molar-refractivity contribution < 1.29 is 14.6 Å². The van der Waals surface area contributed by atoms with Gasteiger partial charge >= 0.3 is 5.97 Å². The summed E-state index contributed by atoms with van der Waals surface area (Å²) < 4.78 is 4.96. The molecule has 0 aromatic heterocycles. The number of carbonyl (C=O) groups is 1. The van der Waals surface area contributed by atoms with Crippen LogP contribution in [0, 0.1) is 0 Å². The SMILES string of the molecule is CCOC(C)=C(C)C(=O)O. The molecule has 0 amide bonds. The van der Waals surface area contributed by atoms with Crippen LogP contribution in [0.2, 0.25) is 0 Å². The molecule has 0 bridgehead atoms. The third-order valence-electron chi connectivity index (χ3n) is 1.21. The molecule has 3 nitrogen and oxygen atoms in total. The van der Waals surface area contributed by atoms with E-state index in [0.717, 1.165) is 0 Å². The third-order valence-corrected chi connectivity index (χ3v) is 1.21. The number of carboxylic acids is 1. The molecule has 0 aromatic carbocycles. The highest BCUT2D eigenvalue weighted by atomic mass is 16.5. The van der Waals surface area contributed by atoms with Crippen LogP contribution in [0.3, 0.4) is 0 Å². The van der Waals surface area contributed by atoms with Gasteiger partial charge in [-0.3, -0.25) is 0 Å². The van der Waals surface area contributed by atoms with E-state index in [2.05, 4.69) is 0 Å². The van der Waals surface area contributed by atoms with E-state index in [-0.39, 0.29) is 5.57 Å². The number of allylic oxidation sites excluding steroid dienone is 1. The molecule has 0 rings (SSSR count). The fourth-order valence-electron chi connectivity index (χ4n) is 0.475. The zero-order valence-electron chi connectivity index (χ0n) is 6.47. The van der Waals surface area contributed by atoms with Crippen LogP contribution in [0.4, 0.5) is 0 Å². The van der Waals surface area contributed by atoms with E-state index in [9.17, 15) is 4.79 Å². The molecule has 0 aliphatic rings. The molecule has 0 aliphatic carbocycles. The second-order valence-corrected chi connectivity index (χ2v) is 1.92. The van der Waals surface area contributed by atoms with E-state index in [1.54, 1.807) is 6.92 Å². The van der Waals surface area contributed by atoms with Crippen molar-refractivity contribution in [2.75, 3.05) is 6.61 Å². The van der Waals surface area contributed by atoms with Gasteiger partial charge in [0.1, 0.15) is 5.76 Å². The minimum absolute atomic E-state index is 0.266. The van der Waals surface area contributed by atoms with Crippen molar-refractivity contribution in [1.82, 2.24) is 0 Å². The molecular weight excluding hydrogens is 132 g/mol. The maximum atomic E-state index is 10.3. The standard InChI is InChI=1S/C7H12O3/c1-4-10-6(3)5(2)7(8)9/h4H2,1-3H3,(H,8,9). The van der Waals surface area contributed by atoms with Gasteiger partial charge < -0.3 is 9.84 Å². The van der Waals surface area contributed by atoms with E-state index >= 15 is 0 Å². The monoisotopic (exact) mass is 144 g/mol. The van der Waals surface area contributed by atoms with E-state index < -0.39 is 5.97 Å². The smallest absolute Gasteiger partial charge is 0.334 e. The van der Waals surface area contributed by atoms with Crippen LogP contribution in [0.15, 0.2) is 11.3 Å². The van der Waals surface area contributed by atoms with Gasteiger partial charge in [0.05, 0.1) is 12.2 Å². The Hall–Kier alpha value is -0.990. The lowest BCUT2D eigenvalue weighted by atomic mass is 10.3. The van der Waals surface area contributed by atoms with Crippen LogP contribution in [0.25, 0.3) is 0 Å². The lowest BCUT2D eigenvalue weighted by molar-refractivity contribution is -0.132. The Morgan fingerprint density at radius 3 is 2.30 bits per heavy atom. The largest absolute Gasteiger partial charge is 0.498 e. The zero-order chi connectivity index (χ0) is 8.15. The van der Waals surface area contributed by atoms with Gasteiger partial charge in [0.15, 0.2) is 0 Å². The van der Waals surface area contributed by atoms with E-state index in [1.807, 2.05) is 6.92 Å². The Labute approximate surface area is 60.3 Å². The number of ether oxygens (including phenoxy) is 1. The summed E-state index contributed by atoms with van der Waals surface area (Å²) in [6, 6.07) is 0. The van der Waals surface area contributed by atoms with Gasteiger partial charge in [-0.15, -0.1) is 0 Å². The lowest BCUT2D eigenvalue weighted by Crippen LogP contribution is -2.01. The molecule has 0 heterocycles. The molecule has 0 radical (unpaired) electrons. The van der Waals surface area contributed by atoms with Gasteiger partial charge in [-0.05, 0) is 20.8 Å². The maximum Gasteiger partial charge on any atom is 0.334 e. The van der Waals surface area contributed by atoms with Crippen molar-refractivity contribution in [2.45, 2.75) is 20.8 Å². The number of rotatable bonds is 3. The second kappa shape index (κ2) is 3.93. The highest BCUT2D eigenvalue weighted by Crippen LogP contribution is 2.03. The summed E-state index contributed by atoms with van der Waals surface area (Å²) in [4.78, 5) is 10.3. The first-order valence-corrected chi connectivity index (χ1v) is 3.13. The molecule has 0 spiro atoms. The van der Waals surface area contributed by atoms with Crippen molar-refractivity contribution in [1.29, 1.82) is 0 Å². The van der Waals surface area contributed by atoms with Crippen molar-refractivity contribution in [2.24, 2.45) is 0 Å². The molecular formula is C7H12O3. The molecule has 0 saturated carbocycles. The molecule has 10 heavy (non-hydrogen) atoms. The van der Waals surface area contributed by atoms with Crippen LogP contribution >= 0.6 is 0 Å². The Bertz CT molecular complexity index is 158. The minimum atomic E-state index is -0.925. The molecule has 1 N–H and O–H groups in total. The number of aliphatic carboxylic acids is 1. The molecule has 0 aromatic rings. The van der Waals surface area contributed by atoms with E-state index in [0.29, 0.717) is 12.4 Å². The fraction of sp³-hybridized carbons (Fsp3) is 0.571. The van der Waals surface area contributed by atoms with Crippen LogP contribution < -0.4 is 0 Å². The van der Waals surface area contributed by atoms with Crippen molar-refractivity contribution >= 4 is 5.97 Å². The Morgan fingerprint density at radius 2 is 2.00 bits per heavy atom. The average molecular weight is 144 g/mol. The van der Waals surface area contributed by atoms with Gasteiger partial charge in [0.2, 0.25) is 0 Å². The molecule has 0 fully saturated rings. The van der Waals surface area contributed by atoms with Crippen molar-refractivity contribution in [3.8, 4) is 0 Å². The summed E-state index contributed by atoms with van der Waals surface area (Å²) in [7, 11) is 0. The highest BCUT2D eigenvalue weighted by Gasteiger charge is 2.04. The lowest BCUT2D eigenvalue weighted by Gasteiger charge is -2.03. The maximum absolute atomic E-state index is 10.3. The first-order valence-electron chi connectivity index (χ1n) is 3.13. The van der Waals surface area contributed by atoms with Gasteiger partial charge in [0.25, 0.3) is 0 Å². The average Bonchev–Trinajstić information content (AvgIpc) is 1.87. The van der Waals surface area contributed by atoms with Crippen LogP contribution in [0.5, 0.6) is 0 Å². The highest BCUT2D eigenvalue weighted by molar-refractivity contribution is 5.86. The number of hydrogen-bond acceptors (Lipinski definition) is 2. The Morgan fingerprint density at radius 1 is 1.50 bits per heavy atom. The summed E-state index contributed by atoms with van der Waals surface area (Å²) in [5.41, 5.74) is 0.266. The van der Waals surface area contributed by atoms with Crippen LogP contribution in [-0.2, 0) is 9.53 Å². The van der Waals surface area contributed by atoms with Crippen molar-refractivity contribution in [3.63, 3.8) is 0 Å². The predicted octanol–water partition coefficient (Wildman–Crippen LogP) is 1.40. The number of hydrogen-bond donors (Lipinski definition) is 1. The number of carboxylic acid groups (broad SMARTS) is 1. The normalized spacial score (nSPS) is 12.3. The predicted molar refractivity (Wildman–Crippen MR) is 37.6 cm³/mol. The molecule has 0 unspecified atom stereocenters. The second-order valence-electron chi connectivity index (χ2n) is 1.92. The van der Waals surface area contributed by atoms with Gasteiger partial charge in [-0.1, -0.05) is 0 Å². The summed E-state index contributed by atoms with van der Waals surface area (Å²) >= 11 is 0. The summed E-state index contributed by atoms with van der Waals surface area (Å²) in [6.07, 6.45) is 0. The first kappa shape index (κ1) is 9.01. The first-order chi connectivity index (χ1) is 4.59. The third kappa shape index (κ3) is 2.53. The molecule has 0 atom stereocenters. The van der Waals surface area contributed by atoms with E-state index in [4.69, 9.17) is 9.84 Å². The van der Waals surface area contributed by atoms with Gasteiger partial charge in [-0.2, -0.15) is 0 Å². The van der Waals surface area contributed by atoms with Crippen LogP contribution in [0.1, 0.15) is 20.8 Å². The van der Waals surface area contributed by atoms with Gasteiger partial charge in [-0.25, -0.2) is 4.79 Å². The fourth-order valence-corrected chi connectivity index (χ4v) is 0.475. The Balaban J connectivity index is 4.19. The van der Waals surface area contributed by atoms with Crippen LogP contribution in [-0.4, -0.2) is 17.7 Å². The summed E-state index contributed by atoms with van der Waals surface area (Å²) in [5, 5.41) is 8.44. The van der Waals surface area contributed by atoms with Gasteiger partial charge in [0, 0.05) is 0 Å². The quantitative estimate of drug-likeness (QED) is 0.481. The molecule has 58 valence electrons. The molecule has 3 heteroatoms. The Kier molecular flexibility index (Phi) is 3.54. The molecule has 0 saturated heterocycles. The van der Waals surface area contributed by atoms with Crippen molar-refractivity contribution in [3.05, 3.63) is 11.3 Å². The molecule has 0 aliphatic heterocycles. The zero-order valence-corrected chi connectivity index (χ0v) is 6.47. The van der Waals surface area contributed by atoms with E-state index in [1.165, 1.54) is 6.92 Å². The summed E-state index contributed by atoms with van der Waals surface area (Å²) in [5.74, 6) is -0.444. The minimum Gasteiger partial charge on any atom is -0.498 e.